The highest BCUT2D eigenvalue weighted by atomic mass is 16.2. The Bertz CT molecular complexity index is 539. The predicted octanol–water partition coefficient (Wildman–Crippen LogP) is 2.71. The minimum atomic E-state index is 0.0259. The molecule has 2 rings (SSSR count). The number of urea groups is 1. The molecule has 2 amide bonds. The van der Waals surface area contributed by atoms with E-state index in [1.807, 2.05) is 4.90 Å². The normalized spacial score (nSPS) is 15.8. The maximum absolute atomic E-state index is 12.6. The van der Waals surface area contributed by atoms with E-state index in [1.54, 1.807) is 0 Å². The summed E-state index contributed by atoms with van der Waals surface area (Å²) >= 11 is 0. The molecule has 0 aliphatic carbocycles. The highest BCUT2D eigenvalue weighted by Crippen LogP contribution is 2.22. The summed E-state index contributed by atoms with van der Waals surface area (Å²) in [7, 11) is 4.22. The van der Waals surface area contributed by atoms with Crippen molar-refractivity contribution in [2.75, 3.05) is 58.7 Å². The first-order valence-electron chi connectivity index (χ1n) is 8.87. The SMILES string of the molecule is Cc1cc(C)c(NC(=O)N2CCN(CCCN(C)C)CC2)c(C)c1. The molecule has 0 saturated carbocycles. The summed E-state index contributed by atoms with van der Waals surface area (Å²) in [5.41, 5.74) is 4.44. The second-order valence-electron chi connectivity index (χ2n) is 7.19. The van der Waals surface area contributed by atoms with Gasteiger partial charge in [0, 0.05) is 31.9 Å². The molecule has 0 unspecified atom stereocenters. The Morgan fingerprint density at radius 1 is 1.08 bits per heavy atom. The van der Waals surface area contributed by atoms with Crippen LogP contribution in [0.1, 0.15) is 23.1 Å². The zero-order chi connectivity index (χ0) is 17.7. The third kappa shape index (κ3) is 5.21. The quantitative estimate of drug-likeness (QED) is 0.901. The lowest BCUT2D eigenvalue weighted by atomic mass is 10.1. The van der Waals surface area contributed by atoms with Gasteiger partial charge in [-0.15, -0.1) is 0 Å². The van der Waals surface area contributed by atoms with Gasteiger partial charge in [-0.3, -0.25) is 4.90 Å². The van der Waals surface area contributed by atoms with Crippen molar-refractivity contribution >= 4 is 11.7 Å². The molecule has 1 aromatic carbocycles. The third-order valence-corrected chi connectivity index (χ3v) is 4.65. The number of aryl methyl sites for hydroxylation is 3. The largest absolute Gasteiger partial charge is 0.322 e. The molecule has 5 nitrogen and oxygen atoms in total. The molecule has 1 N–H and O–H groups in total. The lowest BCUT2D eigenvalue weighted by Crippen LogP contribution is -2.50. The second-order valence-corrected chi connectivity index (χ2v) is 7.19. The fourth-order valence-electron chi connectivity index (χ4n) is 3.35. The van der Waals surface area contributed by atoms with Gasteiger partial charge in [-0.05, 0) is 65.5 Å². The van der Waals surface area contributed by atoms with Crippen LogP contribution in [0.25, 0.3) is 0 Å². The van der Waals surface area contributed by atoms with Crippen LogP contribution in [0.4, 0.5) is 10.5 Å². The van der Waals surface area contributed by atoms with Crippen molar-refractivity contribution in [2.24, 2.45) is 0 Å². The first-order valence-corrected chi connectivity index (χ1v) is 8.87. The standard InChI is InChI=1S/C19H32N4O/c1-15-13-16(2)18(17(3)14-15)20-19(24)23-11-9-22(10-12-23)8-6-7-21(4)5/h13-14H,6-12H2,1-5H3,(H,20,24). The molecule has 0 atom stereocenters. The van der Waals surface area contributed by atoms with Crippen LogP contribution in [-0.4, -0.2) is 74.1 Å². The van der Waals surface area contributed by atoms with Crippen molar-refractivity contribution in [1.29, 1.82) is 0 Å². The maximum Gasteiger partial charge on any atom is 0.321 e. The van der Waals surface area contributed by atoms with Crippen molar-refractivity contribution < 1.29 is 4.79 Å². The van der Waals surface area contributed by atoms with Gasteiger partial charge in [-0.1, -0.05) is 17.7 Å². The van der Waals surface area contributed by atoms with E-state index in [4.69, 9.17) is 0 Å². The summed E-state index contributed by atoms with van der Waals surface area (Å²) in [5, 5.41) is 3.11. The van der Waals surface area contributed by atoms with Crippen molar-refractivity contribution in [3.8, 4) is 0 Å². The van der Waals surface area contributed by atoms with E-state index in [9.17, 15) is 4.79 Å². The van der Waals surface area contributed by atoms with Gasteiger partial charge in [0.1, 0.15) is 0 Å². The van der Waals surface area contributed by atoms with Gasteiger partial charge in [0.2, 0.25) is 0 Å². The van der Waals surface area contributed by atoms with E-state index in [-0.39, 0.29) is 6.03 Å². The van der Waals surface area contributed by atoms with Crippen LogP contribution in [0.15, 0.2) is 12.1 Å². The van der Waals surface area contributed by atoms with Crippen LogP contribution in [0.5, 0.6) is 0 Å². The van der Waals surface area contributed by atoms with E-state index in [2.05, 4.69) is 62.1 Å². The van der Waals surface area contributed by atoms with Gasteiger partial charge >= 0.3 is 6.03 Å². The number of carbonyl (C=O) groups is 1. The van der Waals surface area contributed by atoms with Crippen LogP contribution in [0, 0.1) is 20.8 Å². The average molecular weight is 332 g/mol. The Morgan fingerprint density at radius 3 is 2.21 bits per heavy atom. The lowest BCUT2D eigenvalue weighted by Gasteiger charge is -2.35. The molecule has 1 fully saturated rings. The number of hydrogen-bond acceptors (Lipinski definition) is 3. The number of nitrogens with zero attached hydrogens (tertiary/aromatic N) is 3. The average Bonchev–Trinajstić information content (AvgIpc) is 2.51. The van der Waals surface area contributed by atoms with Crippen molar-refractivity contribution in [1.82, 2.24) is 14.7 Å². The van der Waals surface area contributed by atoms with Gasteiger partial charge in [0.15, 0.2) is 0 Å². The van der Waals surface area contributed by atoms with Gasteiger partial charge in [0.05, 0.1) is 0 Å². The van der Waals surface area contributed by atoms with Gasteiger partial charge in [-0.25, -0.2) is 4.79 Å². The third-order valence-electron chi connectivity index (χ3n) is 4.65. The van der Waals surface area contributed by atoms with Gasteiger partial charge in [0.25, 0.3) is 0 Å². The van der Waals surface area contributed by atoms with Crippen LogP contribution in [-0.2, 0) is 0 Å². The molecule has 1 heterocycles. The van der Waals surface area contributed by atoms with E-state index in [0.717, 1.165) is 56.1 Å². The fraction of sp³-hybridized carbons (Fsp3) is 0.632. The monoisotopic (exact) mass is 332 g/mol. The first-order chi connectivity index (χ1) is 11.4. The second kappa shape index (κ2) is 8.49. The van der Waals surface area contributed by atoms with Gasteiger partial charge < -0.3 is 15.1 Å². The number of anilines is 1. The van der Waals surface area contributed by atoms with Gasteiger partial charge in [-0.2, -0.15) is 0 Å². The van der Waals surface area contributed by atoms with E-state index < -0.39 is 0 Å². The Morgan fingerprint density at radius 2 is 1.67 bits per heavy atom. The van der Waals surface area contributed by atoms with Crippen molar-refractivity contribution in [3.05, 3.63) is 28.8 Å². The summed E-state index contributed by atoms with van der Waals surface area (Å²) < 4.78 is 0. The molecule has 1 aliphatic rings. The molecule has 0 spiro atoms. The topological polar surface area (TPSA) is 38.8 Å². The summed E-state index contributed by atoms with van der Waals surface area (Å²) in [6.45, 7) is 12.0. The zero-order valence-electron chi connectivity index (χ0n) is 15.9. The molecular weight excluding hydrogens is 300 g/mol. The Labute approximate surface area is 146 Å². The molecule has 134 valence electrons. The number of rotatable bonds is 5. The van der Waals surface area contributed by atoms with Crippen LogP contribution >= 0.6 is 0 Å². The molecule has 1 aliphatic heterocycles. The summed E-state index contributed by atoms with van der Waals surface area (Å²) in [5.74, 6) is 0. The highest BCUT2D eigenvalue weighted by molar-refractivity contribution is 5.91. The summed E-state index contributed by atoms with van der Waals surface area (Å²) in [6, 6.07) is 4.26. The minimum Gasteiger partial charge on any atom is -0.322 e. The number of piperazine rings is 1. The van der Waals surface area contributed by atoms with E-state index in [0.29, 0.717) is 0 Å². The number of benzene rings is 1. The summed E-state index contributed by atoms with van der Waals surface area (Å²) in [4.78, 5) is 19.2. The van der Waals surface area contributed by atoms with Crippen LogP contribution < -0.4 is 5.32 Å². The zero-order valence-corrected chi connectivity index (χ0v) is 15.9. The Hall–Kier alpha value is -1.59. The van der Waals surface area contributed by atoms with E-state index in [1.165, 1.54) is 12.0 Å². The minimum absolute atomic E-state index is 0.0259. The number of hydrogen-bond donors (Lipinski definition) is 1. The number of carbonyl (C=O) groups excluding carboxylic acids is 1. The molecule has 0 radical (unpaired) electrons. The molecule has 24 heavy (non-hydrogen) atoms. The molecular formula is C19H32N4O. The van der Waals surface area contributed by atoms with Crippen molar-refractivity contribution in [3.63, 3.8) is 0 Å². The van der Waals surface area contributed by atoms with Crippen molar-refractivity contribution in [2.45, 2.75) is 27.2 Å². The highest BCUT2D eigenvalue weighted by Gasteiger charge is 2.21. The lowest BCUT2D eigenvalue weighted by molar-refractivity contribution is 0.144. The molecule has 0 aromatic heterocycles. The number of nitrogens with one attached hydrogen (secondary N) is 1. The molecule has 5 heteroatoms. The van der Waals surface area contributed by atoms with Crippen LogP contribution in [0.3, 0.4) is 0 Å². The Balaban J connectivity index is 1.83. The molecule has 0 bridgehead atoms. The number of amides is 2. The summed E-state index contributed by atoms with van der Waals surface area (Å²) in [6.07, 6.45) is 1.18. The first kappa shape index (κ1) is 18.7. The maximum atomic E-state index is 12.6. The predicted molar refractivity (Wildman–Crippen MR) is 101 cm³/mol. The Kier molecular flexibility index (Phi) is 6.63. The smallest absolute Gasteiger partial charge is 0.321 e. The molecule has 1 saturated heterocycles. The fourth-order valence-corrected chi connectivity index (χ4v) is 3.35. The van der Waals surface area contributed by atoms with Crippen LogP contribution in [0.2, 0.25) is 0 Å². The molecule has 1 aromatic rings. The van der Waals surface area contributed by atoms with E-state index >= 15 is 0 Å².